The van der Waals surface area contributed by atoms with Gasteiger partial charge in [-0.2, -0.15) is 13.2 Å². The number of rotatable bonds is 5. The van der Waals surface area contributed by atoms with E-state index in [1.54, 1.807) is 18.7 Å². The Balaban J connectivity index is 1.57. The molecule has 2 aliphatic rings. The van der Waals surface area contributed by atoms with Crippen molar-refractivity contribution in [2.45, 2.75) is 42.7 Å². The monoisotopic (exact) mass is 548 g/mol. The van der Waals surface area contributed by atoms with Crippen LogP contribution in [0.5, 0.6) is 0 Å². The molecule has 39 heavy (non-hydrogen) atoms. The summed E-state index contributed by atoms with van der Waals surface area (Å²) in [5, 5.41) is 5.77. The first-order valence-electron chi connectivity index (χ1n) is 12.6. The van der Waals surface area contributed by atoms with Gasteiger partial charge >= 0.3 is 6.18 Å². The van der Waals surface area contributed by atoms with E-state index in [0.29, 0.717) is 17.7 Å². The molecule has 0 unspecified atom stereocenters. The number of hydrogen-bond donors (Lipinski definition) is 2. The fraction of sp³-hybridized carbons (Fsp3) is 0.226. The van der Waals surface area contributed by atoms with Gasteiger partial charge in [0.2, 0.25) is 0 Å². The maximum atomic E-state index is 13.7. The molecule has 8 heteroatoms. The molecule has 0 spiro atoms. The first kappa shape index (κ1) is 26.8. The van der Waals surface area contributed by atoms with Crippen molar-refractivity contribution < 1.29 is 22.8 Å². The minimum absolute atomic E-state index is 0.00805. The number of carbonyl (C=O) groups excluding carboxylic acids is 2. The number of nitrogens with one attached hydrogen (secondary N) is 2. The molecule has 0 bridgehead atoms. The van der Waals surface area contributed by atoms with Crippen molar-refractivity contribution in [2.75, 3.05) is 11.6 Å². The van der Waals surface area contributed by atoms with Gasteiger partial charge in [-0.25, -0.2) is 0 Å². The van der Waals surface area contributed by atoms with Crippen LogP contribution in [0.15, 0.2) is 106 Å². The minimum Gasteiger partial charge on any atom is -0.362 e. The summed E-state index contributed by atoms with van der Waals surface area (Å²) in [6.45, 7) is 1.73. The number of allylic oxidation sites excluding steroid dienone is 3. The maximum Gasteiger partial charge on any atom is 0.418 e. The number of hydrogen-bond acceptors (Lipinski definition) is 4. The Labute approximate surface area is 229 Å². The summed E-state index contributed by atoms with van der Waals surface area (Å²) in [6.07, 6.45) is -1.80. The summed E-state index contributed by atoms with van der Waals surface area (Å²) in [6, 6.07) is 22.3. The number of carbonyl (C=O) groups is 2. The molecule has 200 valence electrons. The Bertz CT molecular complexity index is 1480. The summed E-state index contributed by atoms with van der Waals surface area (Å²) in [7, 11) is 0. The topological polar surface area (TPSA) is 58.2 Å². The van der Waals surface area contributed by atoms with E-state index in [0.717, 1.165) is 27.8 Å². The van der Waals surface area contributed by atoms with Crippen LogP contribution in [0.1, 0.15) is 48.3 Å². The van der Waals surface area contributed by atoms with Crippen LogP contribution < -0.4 is 10.6 Å². The van der Waals surface area contributed by atoms with E-state index in [1.807, 2.05) is 60.9 Å². The Morgan fingerprint density at radius 2 is 1.59 bits per heavy atom. The molecule has 0 aromatic heterocycles. The molecule has 1 amide bonds. The van der Waals surface area contributed by atoms with Gasteiger partial charge in [0.05, 0.1) is 11.3 Å². The van der Waals surface area contributed by atoms with Crippen LogP contribution >= 0.6 is 11.8 Å². The number of alkyl halides is 3. The molecule has 1 aliphatic heterocycles. The lowest BCUT2D eigenvalue weighted by molar-refractivity contribution is -0.137. The lowest BCUT2D eigenvalue weighted by Gasteiger charge is -2.37. The second-order valence-corrected chi connectivity index (χ2v) is 10.6. The van der Waals surface area contributed by atoms with Gasteiger partial charge in [-0.3, -0.25) is 9.59 Å². The van der Waals surface area contributed by atoms with Crippen LogP contribution in [0.25, 0.3) is 0 Å². The zero-order chi connectivity index (χ0) is 27.7. The van der Waals surface area contributed by atoms with Crippen LogP contribution in [0.4, 0.5) is 18.9 Å². The third-order valence-corrected chi connectivity index (χ3v) is 8.02. The first-order valence-corrected chi connectivity index (χ1v) is 13.8. The number of ketones is 1. The Morgan fingerprint density at radius 3 is 2.26 bits per heavy atom. The lowest BCUT2D eigenvalue weighted by atomic mass is 9.71. The highest BCUT2D eigenvalue weighted by Gasteiger charge is 2.41. The predicted molar refractivity (Wildman–Crippen MR) is 147 cm³/mol. The van der Waals surface area contributed by atoms with E-state index in [4.69, 9.17) is 0 Å². The summed E-state index contributed by atoms with van der Waals surface area (Å²) in [5.74, 6) is -1.48. The molecule has 2 atom stereocenters. The van der Waals surface area contributed by atoms with Gasteiger partial charge in [0, 0.05) is 39.8 Å². The Hall–Kier alpha value is -3.78. The van der Waals surface area contributed by atoms with E-state index in [2.05, 4.69) is 10.6 Å². The molecular formula is C31H27F3N2O2S. The Kier molecular flexibility index (Phi) is 7.40. The standard InChI is InChI=1S/C31H27F3N2O2S/c1-18-27(30(38)36-24-11-7-6-10-23(24)31(32,33)34)28(20-12-14-22(39-2)15-13-20)29-25(35-18)16-21(17-26(29)37)19-8-4-3-5-9-19/h3-15,21,28,35H,16-17H2,1-2H3,(H,36,38)/t21-,28-/m1/s1. The van der Waals surface area contributed by atoms with Crippen molar-refractivity contribution in [1.82, 2.24) is 5.32 Å². The van der Waals surface area contributed by atoms with Crippen LogP contribution in [-0.4, -0.2) is 17.9 Å². The van der Waals surface area contributed by atoms with Gasteiger partial charge in [0.15, 0.2) is 5.78 Å². The lowest BCUT2D eigenvalue weighted by Crippen LogP contribution is -2.37. The average Bonchev–Trinajstić information content (AvgIpc) is 2.92. The molecule has 3 aromatic carbocycles. The molecule has 0 radical (unpaired) electrons. The van der Waals surface area contributed by atoms with E-state index < -0.39 is 23.6 Å². The van der Waals surface area contributed by atoms with E-state index in [9.17, 15) is 22.8 Å². The number of dihydropyridines is 1. The zero-order valence-corrected chi connectivity index (χ0v) is 22.2. The first-order chi connectivity index (χ1) is 18.7. The quantitative estimate of drug-likeness (QED) is 0.326. The molecule has 4 nitrogen and oxygen atoms in total. The van der Waals surface area contributed by atoms with Crippen molar-refractivity contribution in [3.8, 4) is 0 Å². The summed E-state index contributed by atoms with van der Waals surface area (Å²) in [5.41, 5.74) is 2.54. The van der Waals surface area contributed by atoms with Gasteiger partial charge in [-0.15, -0.1) is 11.8 Å². The van der Waals surface area contributed by atoms with Crippen molar-refractivity contribution in [2.24, 2.45) is 0 Å². The molecule has 5 rings (SSSR count). The smallest absolute Gasteiger partial charge is 0.362 e. The van der Waals surface area contributed by atoms with Gasteiger partial charge in [-0.05, 0) is 60.9 Å². The molecule has 0 fully saturated rings. The highest BCUT2D eigenvalue weighted by atomic mass is 32.2. The van der Waals surface area contributed by atoms with Crippen molar-refractivity contribution in [3.63, 3.8) is 0 Å². The van der Waals surface area contributed by atoms with Crippen LogP contribution in [-0.2, 0) is 15.8 Å². The predicted octanol–water partition coefficient (Wildman–Crippen LogP) is 7.43. The number of para-hydroxylation sites is 1. The van der Waals surface area contributed by atoms with Gasteiger partial charge in [0.1, 0.15) is 0 Å². The average molecular weight is 549 g/mol. The number of thioether (sulfide) groups is 1. The van der Waals surface area contributed by atoms with Crippen molar-refractivity contribution >= 4 is 29.1 Å². The molecular weight excluding hydrogens is 521 g/mol. The fourth-order valence-corrected chi connectivity index (χ4v) is 5.87. The molecule has 1 heterocycles. The van der Waals surface area contributed by atoms with Gasteiger partial charge in [0.25, 0.3) is 5.91 Å². The molecule has 0 saturated carbocycles. The number of amides is 1. The number of benzene rings is 3. The minimum atomic E-state index is -4.63. The third kappa shape index (κ3) is 5.39. The van der Waals surface area contributed by atoms with Crippen molar-refractivity contribution in [3.05, 3.63) is 118 Å². The van der Waals surface area contributed by atoms with Gasteiger partial charge < -0.3 is 10.6 Å². The van der Waals surface area contributed by atoms with E-state index >= 15 is 0 Å². The zero-order valence-electron chi connectivity index (χ0n) is 21.4. The molecule has 1 aliphatic carbocycles. The van der Waals surface area contributed by atoms with Crippen LogP contribution in [0.2, 0.25) is 0 Å². The maximum absolute atomic E-state index is 13.7. The second kappa shape index (κ2) is 10.8. The van der Waals surface area contributed by atoms with Crippen molar-refractivity contribution in [1.29, 1.82) is 0 Å². The summed E-state index contributed by atoms with van der Waals surface area (Å²) < 4.78 is 41.0. The third-order valence-electron chi connectivity index (χ3n) is 7.27. The number of anilines is 1. The largest absolute Gasteiger partial charge is 0.418 e. The van der Waals surface area contributed by atoms with E-state index in [-0.39, 0.29) is 29.4 Å². The molecule has 3 aromatic rings. The van der Waals surface area contributed by atoms with Gasteiger partial charge in [-0.1, -0.05) is 54.6 Å². The number of halogens is 3. The highest BCUT2D eigenvalue weighted by Crippen LogP contribution is 2.46. The van der Waals surface area contributed by atoms with Crippen LogP contribution in [0.3, 0.4) is 0 Å². The number of Topliss-reactive ketones (excluding diaryl/α,β-unsaturated/α-hetero) is 1. The fourth-order valence-electron chi connectivity index (χ4n) is 5.46. The van der Waals surface area contributed by atoms with Crippen LogP contribution in [0, 0.1) is 0 Å². The normalized spacial score (nSPS) is 19.5. The SMILES string of the molecule is CSc1ccc([C@@H]2C(C(=O)Nc3ccccc3C(F)(F)F)=C(C)NC3=C2C(=O)C[C@H](c2ccccc2)C3)cc1. The van der Waals surface area contributed by atoms with E-state index in [1.165, 1.54) is 18.2 Å². The summed E-state index contributed by atoms with van der Waals surface area (Å²) in [4.78, 5) is 28.5. The molecule has 2 N–H and O–H groups in total. The molecule has 0 saturated heterocycles. The summed E-state index contributed by atoms with van der Waals surface area (Å²) >= 11 is 1.57. The highest BCUT2D eigenvalue weighted by molar-refractivity contribution is 7.98. The Morgan fingerprint density at radius 1 is 0.923 bits per heavy atom. The second-order valence-electron chi connectivity index (χ2n) is 9.70.